The number of rotatable bonds is 7. The van der Waals surface area contributed by atoms with E-state index in [1.165, 1.54) is 32.1 Å². The van der Waals surface area contributed by atoms with Crippen LogP contribution in [0.15, 0.2) is 4.99 Å². The zero-order valence-electron chi connectivity index (χ0n) is 15.2. The standard InChI is InChI=1S/C18H35N3OS/c1-4-17(8-6-7-9-17)14-20-16(19-3)21-15-18(23-5-2)10-12-22-13-11-18/h4-15H2,1-3H3,(H2,19,20,21). The first-order valence-corrected chi connectivity index (χ1v) is 10.3. The molecule has 1 aliphatic heterocycles. The molecule has 0 aromatic rings. The molecule has 2 fully saturated rings. The normalized spacial score (nSPS) is 23.7. The number of aliphatic imine (C=N–C) groups is 1. The summed E-state index contributed by atoms with van der Waals surface area (Å²) < 4.78 is 5.87. The van der Waals surface area contributed by atoms with Gasteiger partial charge in [0.15, 0.2) is 5.96 Å². The average molecular weight is 342 g/mol. The largest absolute Gasteiger partial charge is 0.381 e. The van der Waals surface area contributed by atoms with Crippen molar-refractivity contribution in [3.05, 3.63) is 0 Å². The Hall–Kier alpha value is -0.420. The number of guanidine groups is 1. The molecule has 0 spiro atoms. The summed E-state index contributed by atoms with van der Waals surface area (Å²) in [5, 5.41) is 7.19. The monoisotopic (exact) mass is 341 g/mol. The van der Waals surface area contributed by atoms with E-state index >= 15 is 0 Å². The summed E-state index contributed by atoms with van der Waals surface area (Å²) in [6.07, 6.45) is 9.03. The Morgan fingerprint density at radius 3 is 2.26 bits per heavy atom. The van der Waals surface area contributed by atoms with Gasteiger partial charge in [0.2, 0.25) is 0 Å². The zero-order chi connectivity index (χ0) is 16.6. The van der Waals surface area contributed by atoms with E-state index in [1.54, 1.807) is 0 Å². The fourth-order valence-electron chi connectivity index (χ4n) is 3.94. The van der Waals surface area contributed by atoms with Gasteiger partial charge in [-0.25, -0.2) is 0 Å². The minimum Gasteiger partial charge on any atom is -0.381 e. The minimum atomic E-state index is 0.306. The molecule has 4 nitrogen and oxygen atoms in total. The van der Waals surface area contributed by atoms with Crippen molar-refractivity contribution in [1.82, 2.24) is 10.6 Å². The number of hydrogen-bond donors (Lipinski definition) is 2. The molecule has 0 atom stereocenters. The fourth-order valence-corrected chi connectivity index (χ4v) is 5.18. The van der Waals surface area contributed by atoms with E-state index in [0.29, 0.717) is 10.2 Å². The molecule has 0 unspecified atom stereocenters. The highest BCUT2D eigenvalue weighted by atomic mass is 32.2. The third-order valence-corrected chi connectivity index (χ3v) is 7.15. The number of thioether (sulfide) groups is 1. The second-order valence-electron chi connectivity index (χ2n) is 7.07. The molecule has 0 radical (unpaired) electrons. The highest BCUT2D eigenvalue weighted by Gasteiger charge is 2.34. The van der Waals surface area contributed by atoms with Crippen molar-refractivity contribution >= 4 is 17.7 Å². The minimum absolute atomic E-state index is 0.306. The van der Waals surface area contributed by atoms with E-state index < -0.39 is 0 Å². The van der Waals surface area contributed by atoms with E-state index in [2.05, 4.69) is 41.2 Å². The first kappa shape index (κ1) is 18.9. The van der Waals surface area contributed by atoms with Crippen LogP contribution in [0.5, 0.6) is 0 Å². The Kier molecular flexibility index (Phi) is 7.54. The van der Waals surface area contributed by atoms with E-state index in [-0.39, 0.29) is 0 Å². The van der Waals surface area contributed by atoms with Gasteiger partial charge in [-0.2, -0.15) is 11.8 Å². The fraction of sp³-hybridized carbons (Fsp3) is 0.944. The molecule has 2 N–H and O–H groups in total. The second kappa shape index (κ2) is 9.16. The number of hydrogen-bond acceptors (Lipinski definition) is 3. The first-order valence-electron chi connectivity index (χ1n) is 9.34. The van der Waals surface area contributed by atoms with Crippen molar-refractivity contribution in [1.29, 1.82) is 0 Å². The van der Waals surface area contributed by atoms with Crippen molar-refractivity contribution in [2.75, 3.05) is 39.1 Å². The molecule has 2 aliphatic rings. The molecule has 0 aromatic carbocycles. The highest BCUT2D eigenvalue weighted by Crippen LogP contribution is 2.40. The van der Waals surface area contributed by atoms with Gasteiger partial charge >= 0.3 is 0 Å². The van der Waals surface area contributed by atoms with Gasteiger partial charge in [-0.3, -0.25) is 4.99 Å². The maximum absolute atomic E-state index is 5.56. The summed E-state index contributed by atoms with van der Waals surface area (Å²) in [5.74, 6) is 2.12. The third-order valence-electron chi connectivity index (χ3n) is 5.70. The van der Waals surface area contributed by atoms with Crippen LogP contribution in [0.25, 0.3) is 0 Å². The van der Waals surface area contributed by atoms with Crippen LogP contribution in [0.3, 0.4) is 0 Å². The van der Waals surface area contributed by atoms with Gasteiger partial charge in [-0.1, -0.05) is 26.7 Å². The van der Waals surface area contributed by atoms with E-state index in [0.717, 1.165) is 50.9 Å². The summed E-state index contributed by atoms with van der Waals surface area (Å²) in [6.45, 7) is 8.39. The smallest absolute Gasteiger partial charge is 0.191 e. The summed E-state index contributed by atoms with van der Waals surface area (Å²) >= 11 is 2.07. The molecule has 2 rings (SSSR count). The van der Waals surface area contributed by atoms with Crippen molar-refractivity contribution < 1.29 is 4.74 Å². The van der Waals surface area contributed by atoms with Crippen LogP contribution in [0.1, 0.15) is 58.8 Å². The van der Waals surface area contributed by atoms with Crippen LogP contribution in [-0.2, 0) is 4.74 Å². The molecule has 134 valence electrons. The van der Waals surface area contributed by atoms with E-state index in [1.807, 2.05) is 7.05 Å². The maximum atomic E-state index is 5.56. The molecule has 1 heterocycles. The van der Waals surface area contributed by atoms with Gasteiger partial charge in [-0.15, -0.1) is 0 Å². The van der Waals surface area contributed by atoms with E-state index in [9.17, 15) is 0 Å². The van der Waals surface area contributed by atoms with Crippen LogP contribution < -0.4 is 10.6 Å². The molecule has 0 bridgehead atoms. The quantitative estimate of drug-likeness (QED) is 0.550. The summed E-state index contributed by atoms with van der Waals surface area (Å²) in [6, 6.07) is 0. The van der Waals surface area contributed by atoms with Gasteiger partial charge in [0.25, 0.3) is 0 Å². The lowest BCUT2D eigenvalue weighted by Gasteiger charge is -2.37. The first-order chi connectivity index (χ1) is 11.2. The SMILES string of the molecule is CCSC1(CNC(=NC)NCC2(CC)CCCC2)CCOCC1. The molecule has 5 heteroatoms. The van der Waals surface area contributed by atoms with Crippen molar-refractivity contribution in [3.63, 3.8) is 0 Å². The molecule has 0 amide bonds. The Morgan fingerprint density at radius 2 is 1.70 bits per heavy atom. The zero-order valence-corrected chi connectivity index (χ0v) is 16.1. The average Bonchev–Trinajstić information content (AvgIpc) is 3.06. The van der Waals surface area contributed by atoms with Crippen LogP contribution in [-0.4, -0.2) is 49.8 Å². The topological polar surface area (TPSA) is 45.7 Å². The maximum Gasteiger partial charge on any atom is 0.191 e. The molecule has 23 heavy (non-hydrogen) atoms. The lowest BCUT2D eigenvalue weighted by atomic mass is 9.83. The molecule has 1 aliphatic carbocycles. The summed E-state index contributed by atoms with van der Waals surface area (Å²) in [4.78, 5) is 4.44. The Labute approximate surface area is 146 Å². The molecule has 1 saturated carbocycles. The Balaban J connectivity index is 1.84. The van der Waals surface area contributed by atoms with Crippen LogP contribution in [0.4, 0.5) is 0 Å². The molecular formula is C18H35N3OS. The number of ether oxygens (including phenoxy) is 1. The Morgan fingerprint density at radius 1 is 1.04 bits per heavy atom. The van der Waals surface area contributed by atoms with Gasteiger partial charge in [-0.05, 0) is 43.3 Å². The Bertz CT molecular complexity index is 369. The van der Waals surface area contributed by atoms with Crippen LogP contribution in [0, 0.1) is 5.41 Å². The predicted molar refractivity (Wildman–Crippen MR) is 101 cm³/mol. The van der Waals surface area contributed by atoms with Crippen molar-refractivity contribution in [3.8, 4) is 0 Å². The van der Waals surface area contributed by atoms with Gasteiger partial charge < -0.3 is 15.4 Å². The van der Waals surface area contributed by atoms with Gasteiger partial charge in [0, 0.05) is 38.1 Å². The van der Waals surface area contributed by atoms with Crippen molar-refractivity contribution in [2.24, 2.45) is 10.4 Å². The van der Waals surface area contributed by atoms with E-state index in [4.69, 9.17) is 4.74 Å². The molecular weight excluding hydrogens is 306 g/mol. The molecule has 1 saturated heterocycles. The number of nitrogens with one attached hydrogen (secondary N) is 2. The lowest BCUT2D eigenvalue weighted by Crippen LogP contribution is -2.49. The third kappa shape index (κ3) is 5.28. The van der Waals surface area contributed by atoms with Crippen LogP contribution >= 0.6 is 11.8 Å². The lowest BCUT2D eigenvalue weighted by molar-refractivity contribution is 0.0782. The highest BCUT2D eigenvalue weighted by molar-refractivity contribution is 8.00. The van der Waals surface area contributed by atoms with Crippen LogP contribution in [0.2, 0.25) is 0 Å². The molecule has 0 aromatic heterocycles. The summed E-state index contributed by atoms with van der Waals surface area (Å²) in [5.41, 5.74) is 0.492. The second-order valence-corrected chi connectivity index (χ2v) is 8.80. The van der Waals surface area contributed by atoms with Crippen molar-refractivity contribution in [2.45, 2.75) is 63.5 Å². The van der Waals surface area contributed by atoms with Gasteiger partial charge in [0.1, 0.15) is 0 Å². The number of nitrogens with zero attached hydrogens (tertiary/aromatic N) is 1. The van der Waals surface area contributed by atoms with Gasteiger partial charge in [0.05, 0.1) is 0 Å². The summed E-state index contributed by atoms with van der Waals surface area (Å²) in [7, 11) is 1.88. The predicted octanol–water partition coefficient (Wildman–Crippen LogP) is 3.42.